The Hall–Kier alpha value is -2.88. The second kappa shape index (κ2) is 6.32. The van der Waals surface area contributed by atoms with E-state index < -0.39 is 6.04 Å². The first kappa shape index (κ1) is 16.0. The van der Waals surface area contributed by atoms with Crippen molar-refractivity contribution < 1.29 is 14.3 Å². The molecule has 0 fully saturated rings. The van der Waals surface area contributed by atoms with E-state index in [0.717, 1.165) is 10.8 Å². The van der Waals surface area contributed by atoms with Crippen molar-refractivity contribution in [3.63, 3.8) is 0 Å². The third kappa shape index (κ3) is 2.83. The zero-order valence-electron chi connectivity index (χ0n) is 13.5. The summed E-state index contributed by atoms with van der Waals surface area (Å²) in [5.74, 6) is -0.785. The molecule has 1 amide bonds. The standard InChI is InChI=1S/C20H18FNO2/c1-13(16-9-5-6-10-18(16)21)22(2)20(24)17-11-14-7-3-4-8-15(14)12-19(17)23/h3-13,23H,1-2H3. The number of amides is 1. The molecule has 3 nitrogen and oxygen atoms in total. The van der Waals surface area contributed by atoms with Crippen molar-refractivity contribution in [3.05, 3.63) is 77.6 Å². The number of carbonyl (C=O) groups excluding carboxylic acids is 1. The number of nitrogens with zero attached hydrogens (tertiary/aromatic N) is 1. The molecule has 0 saturated heterocycles. The van der Waals surface area contributed by atoms with E-state index in [1.807, 2.05) is 24.3 Å². The van der Waals surface area contributed by atoms with Crippen molar-refractivity contribution in [2.24, 2.45) is 0 Å². The van der Waals surface area contributed by atoms with Crippen LogP contribution in [0.4, 0.5) is 4.39 Å². The number of rotatable bonds is 3. The first-order valence-electron chi connectivity index (χ1n) is 7.72. The SMILES string of the molecule is CC(c1ccccc1F)N(C)C(=O)c1cc2ccccc2cc1O. The van der Waals surface area contributed by atoms with E-state index in [2.05, 4.69) is 0 Å². The molecule has 0 aliphatic heterocycles. The van der Waals surface area contributed by atoms with Crippen molar-refractivity contribution in [2.45, 2.75) is 13.0 Å². The number of aromatic hydroxyl groups is 1. The van der Waals surface area contributed by atoms with E-state index >= 15 is 0 Å². The molecule has 3 aromatic rings. The lowest BCUT2D eigenvalue weighted by Gasteiger charge is -2.26. The minimum Gasteiger partial charge on any atom is -0.507 e. The summed E-state index contributed by atoms with van der Waals surface area (Å²) in [5.41, 5.74) is 0.646. The zero-order chi connectivity index (χ0) is 17.3. The molecule has 24 heavy (non-hydrogen) atoms. The van der Waals surface area contributed by atoms with Crippen LogP contribution in [-0.4, -0.2) is 23.0 Å². The smallest absolute Gasteiger partial charge is 0.257 e. The van der Waals surface area contributed by atoms with Crippen molar-refractivity contribution in [2.75, 3.05) is 7.05 Å². The van der Waals surface area contributed by atoms with Gasteiger partial charge in [-0.15, -0.1) is 0 Å². The summed E-state index contributed by atoms with van der Waals surface area (Å²) in [4.78, 5) is 14.2. The minimum atomic E-state index is -0.454. The van der Waals surface area contributed by atoms with Crippen molar-refractivity contribution in [3.8, 4) is 5.75 Å². The van der Waals surface area contributed by atoms with E-state index in [-0.39, 0.29) is 23.0 Å². The third-order valence-electron chi connectivity index (χ3n) is 4.35. The lowest BCUT2D eigenvalue weighted by Crippen LogP contribution is -2.30. The van der Waals surface area contributed by atoms with Crippen molar-refractivity contribution in [1.29, 1.82) is 0 Å². The van der Waals surface area contributed by atoms with E-state index in [0.29, 0.717) is 5.56 Å². The molecule has 3 rings (SSSR count). The van der Waals surface area contributed by atoms with Crippen LogP contribution in [-0.2, 0) is 0 Å². The maximum atomic E-state index is 14.0. The Balaban J connectivity index is 1.96. The topological polar surface area (TPSA) is 40.5 Å². The van der Waals surface area contributed by atoms with Crippen LogP contribution in [0.5, 0.6) is 5.75 Å². The summed E-state index contributed by atoms with van der Waals surface area (Å²) < 4.78 is 14.0. The predicted octanol–water partition coefficient (Wildman–Crippen LogP) is 4.52. The van der Waals surface area contributed by atoms with E-state index in [9.17, 15) is 14.3 Å². The fraction of sp³-hybridized carbons (Fsp3) is 0.150. The molecule has 0 aromatic heterocycles. The molecule has 0 heterocycles. The van der Waals surface area contributed by atoms with Crippen molar-refractivity contribution >= 4 is 16.7 Å². The van der Waals surface area contributed by atoms with Gasteiger partial charge in [0.05, 0.1) is 11.6 Å². The number of hydrogen-bond donors (Lipinski definition) is 1. The van der Waals surface area contributed by atoms with Gasteiger partial charge in [0.15, 0.2) is 0 Å². The molecule has 0 aliphatic rings. The Morgan fingerprint density at radius 1 is 1.04 bits per heavy atom. The Labute approximate surface area is 140 Å². The highest BCUT2D eigenvalue weighted by atomic mass is 19.1. The fourth-order valence-corrected chi connectivity index (χ4v) is 2.79. The highest BCUT2D eigenvalue weighted by molar-refractivity contribution is 6.01. The number of benzene rings is 3. The van der Waals surface area contributed by atoms with Gasteiger partial charge in [0.1, 0.15) is 11.6 Å². The van der Waals surface area contributed by atoms with Gasteiger partial charge in [0, 0.05) is 12.6 Å². The van der Waals surface area contributed by atoms with Gasteiger partial charge < -0.3 is 10.0 Å². The molecular formula is C20H18FNO2. The Bertz CT molecular complexity index is 907. The van der Waals surface area contributed by atoms with Crippen LogP contribution in [0, 0.1) is 5.82 Å². The monoisotopic (exact) mass is 323 g/mol. The largest absolute Gasteiger partial charge is 0.507 e. The molecule has 0 aliphatic carbocycles. The van der Waals surface area contributed by atoms with Gasteiger partial charge in [-0.05, 0) is 35.9 Å². The maximum absolute atomic E-state index is 14.0. The normalized spacial score (nSPS) is 12.1. The minimum absolute atomic E-state index is 0.0775. The second-order valence-electron chi connectivity index (χ2n) is 5.83. The quantitative estimate of drug-likeness (QED) is 0.770. The molecule has 0 radical (unpaired) electrons. The van der Waals surface area contributed by atoms with Crippen LogP contribution in [0.25, 0.3) is 10.8 Å². The number of phenols is 1. The summed E-state index contributed by atoms with van der Waals surface area (Å²) in [6.07, 6.45) is 0. The first-order chi connectivity index (χ1) is 11.5. The molecule has 1 N–H and O–H groups in total. The van der Waals surface area contributed by atoms with Crippen molar-refractivity contribution in [1.82, 2.24) is 4.90 Å². The Morgan fingerprint density at radius 2 is 1.62 bits per heavy atom. The maximum Gasteiger partial charge on any atom is 0.257 e. The molecule has 0 bridgehead atoms. The molecule has 1 atom stereocenters. The Morgan fingerprint density at radius 3 is 2.29 bits per heavy atom. The average molecular weight is 323 g/mol. The van der Waals surface area contributed by atoms with Crippen LogP contribution >= 0.6 is 0 Å². The van der Waals surface area contributed by atoms with Gasteiger partial charge in [-0.1, -0.05) is 42.5 Å². The van der Waals surface area contributed by atoms with Crippen LogP contribution in [0.2, 0.25) is 0 Å². The summed E-state index contributed by atoms with van der Waals surface area (Å²) in [7, 11) is 1.61. The molecule has 122 valence electrons. The van der Waals surface area contributed by atoms with Gasteiger partial charge in [0.2, 0.25) is 0 Å². The molecule has 0 spiro atoms. The summed E-state index contributed by atoms with van der Waals surface area (Å²) >= 11 is 0. The van der Waals surface area contributed by atoms with Gasteiger partial charge in [-0.2, -0.15) is 0 Å². The van der Waals surface area contributed by atoms with Gasteiger partial charge in [-0.3, -0.25) is 4.79 Å². The summed E-state index contributed by atoms with van der Waals surface area (Å²) in [5, 5.41) is 11.9. The number of carbonyl (C=O) groups is 1. The van der Waals surface area contributed by atoms with Gasteiger partial charge in [0.25, 0.3) is 5.91 Å². The molecule has 1 unspecified atom stereocenters. The number of hydrogen-bond acceptors (Lipinski definition) is 2. The highest BCUT2D eigenvalue weighted by Crippen LogP contribution is 2.29. The summed E-state index contributed by atoms with van der Waals surface area (Å²) in [6, 6.07) is 16.7. The number of halogens is 1. The first-order valence-corrected chi connectivity index (χ1v) is 7.72. The number of fused-ring (bicyclic) bond motifs is 1. The number of phenolic OH excluding ortho intramolecular Hbond substituents is 1. The van der Waals surface area contributed by atoms with E-state index in [4.69, 9.17) is 0 Å². The van der Waals surface area contributed by atoms with Gasteiger partial charge in [-0.25, -0.2) is 4.39 Å². The van der Waals surface area contributed by atoms with E-state index in [1.165, 1.54) is 11.0 Å². The zero-order valence-corrected chi connectivity index (χ0v) is 13.5. The van der Waals surface area contributed by atoms with Crippen LogP contribution in [0.3, 0.4) is 0 Å². The van der Waals surface area contributed by atoms with Gasteiger partial charge >= 0.3 is 0 Å². The predicted molar refractivity (Wildman–Crippen MR) is 92.5 cm³/mol. The Kier molecular flexibility index (Phi) is 4.21. The lowest BCUT2D eigenvalue weighted by molar-refractivity contribution is 0.0737. The lowest BCUT2D eigenvalue weighted by atomic mass is 10.0. The van der Waals surface area contributed by atoms with Crippen LogP contribution in [0.15, 0.2) is 60.7 Å². The molecule has 4 heteroatoms. The molecule has 0 saturated carbocycles. The van der Waals surface area contributed by atoms with E-state index in [1.54, 1.807) is 44.3 Å². The molecular weight excluding hydrogens is 305 g/mol. The third-order valence-corrected chi connectivity index (χ3v) is 4.35. The van der Waals surface area contributed by atoms with Crippen LogP contribution in [0.1, 0.15) is 28.9 Å². The second-order valence-corrected chi connectivity index (χ2v) is 5.83. The fourth-order valence-electron chi connectivity index (χ4n) is 2.79. The average Bonchev–Trinajstić information content (AvgIpc) is 2.59. The summed E-state index contributed by atoms with van der Waals surface area (Å²) in [6.45, 7) is 1.76. The molecule has 3 aromatic carbocycles. The highest BCUT2D eigenvalue weighted by Gasteiger charge is 2.23. The van der Waals surface area contributed by atoms with Crippen LogP contribution < -0.4 is 0 Å².